The molecule has 0 N–H and O–H groups in total. The van der Waals surface area contributed by atoms with Crippen LogP contribution in [-0.2, 0) is 10.6 Å². The summed E-state index contributed by atoms with van der Waals surface area (Å²) in [5, 5.41) is 0. The van der Waals surface area contributed by atoms with E-state index in [0.29, 0.717) is 12.2 Å². The number of nitrogens with zero attached hydrogens (tertiary/aromatic N) is 2. The van der Waals surface area contributed by atoms with E-state index in [0.717, 1.165) is 18.9 Å². The predicted molar refractivity (Wildman–Crippen MR) is 63.5 cm³/mol. The molecule has 0 unspecified atom stereocenters. The monoisotopic (exact) mass is 246 g/mol. The number of pyridine rings is 1. The zero-order chi connectivity index (χ0) is 12.0. The van der Waals surface area contributed by atoms with Crippen molar-refractivity contribution in [3.63, 3.8) is 0 Å². The molecule has 0 spiro atoms. The second-order valence-corrected chi connectivity index (χ2v) is 3.61. The fraction of sp³-hybridized carbons (Fsp3) is 0.545. The van der Waals surface area contributed by atoms with Crippen molar-refractivity contribution in [3.05, 3.63) is 23.6 Å². The molecule has 0 radical (unpaired) electrons. The van der Waals surface area contributed by atoms with Gasteiger partial charge in [0.25, 0.3) is 0 Å². The smallest absolute Gasteiger partial charge is 0.141 e. The summed E-state index contributed by atoms with van der Waals surface area (Å²) in [7, 11) is 1.65. The molecule has 0 aromatic carbocycles. The Morgan fingerprint density at radius 2 is 2.31 bits per heavy atom. The molecule has 0 atom stereocenters. The Morgan fingerprint density at radius 1 is 1.56 bits per heavy atom. The molecular formula is C11H16ClFN2O. The minimum absolute atomic E-state index is 0.254. The lowest BCUT2D eigenvalue weighted by Gasteiger charge is -2.23. The normalized spacial score (nSPS) is 10.5. The third-order valence-electron chi connectivity index (χ3n) is 2.30. The first kappa shape index (κ1) is 13.2. The summed E-state index contributed by atoms with van der Waals surface area (Å²) in [4.78, 5) is 6.10. The van der Waals surface area contributed by atoms with Crippen molar-refractivity contribution in [1.29, 1.82) is 0 Å². The Kier molecular flexibility index (Phi) is 5.49. The van der Waals surface area contributed by atoms with Crippen molar-refractivity contribution >= 4 is 17.4 Å². The van der Waals surface area contributed by atoms with Gasteiger partial charge in [-0.3, -0.25) is 0 Å². The van der Waals surface area contributed by atoms with Crippen LogP contribution in [0.3, 0.4) is 0 Å². The molecule has 1 heterocycles. The van der Waals surface area contributed by atoms with Gasteiger partial charge >= 0.3 is 0 Å². The van der Waals surface area contributed by atoms with Crippen molar-refractivity contribution in [2.24, 2.45) is 0 Å². The van der Waals surface area contributed by atoms with Crippen LogP contribution in [0, 0.1) is 5.82 Å². The summed E-state index contributed by atoms with van der Waals surface area (Å²) in [5.41, 5.74) is 0.708. The molecule has 0 saturated heterocycles. The van der Waals surface area contributed by atoms with E-state index in [-0.39, 0.29) is 11.7 Å². The lowest BCUT2D eigenvalue weighted by atomic mass is 10.2. The molecule has 0 fully saturated rings. The first-order valence-corrected chi connectivity index (χ1v) is 5.70. The van der Waals surface area contributed by atoms with E-state index in [1.165, 1.54) is 12.3 Å². The van der Waals surface area contributed by atoms with Gasteiger partial charge in [-0.15, -0.1) is 11.6 Å². The molecule has 0 saturated carbocycles. The fourth-order valence-electron chi connectivity index (χ4n) is 1.47. The number of likely N-dealkylation sites (N-methyl/N-ethyl adjacent to an activating group) is 1. The zero-order valence-electron chi connectivity index (χ0n) is 9.54. The fourth-order valence-corrected chi connectivity index (χ4v) is 1.67. The highest BCUT2D eigenvalue weighted by Crippen LogP contribution is 2.20. The summed E-state index contributed by atoms with van der Waals surface area (Å²) >= 11 is 5.77. The van der Waals surface area contributed by atoms with Crippen molar-refractivity contribution in [3.8, 4) is 0 Å². The van der Waals surface area contributed by atoms with E-state index in [1.54, 1.807) is 7.11 Å². The first-order chi connectivity index (χ1) is 7.72. The van der Waals surface area contributed by atoms with Gasteiger partial charge in [0.05, 0.1) is 18.7 Å². The predicted octanol–water partition coefficient (Wildman–Crippen LogP) is 2.43. The molecule has 16 heavy (non-hydrogen) atoms. The van der Waals surface area contributed by atoms with Crippen molar-refractivity contribution in [2.45, 2.75) is 12.8 Å². The third-order valence-corrected chi connectivity index (χ3v) is 2.59. The van der Waals surface area contributed by atoms with Crippen LogP contribution in [0.15, 0.2) is 12.3 Å². The highest BCUT2D eigenvalue weighted by atomic mass is 35.5. The molecule has 0 aliphatic carbocycles. The van der Waals surface area contributed by atoms with Crippen LogP contribution in [0.5, 0.6) is 0 Å². The van der Waals surface area contributed by atoms with Gasteiger partial charge in [0, 0.05) is 25.8 Å². The molecule has 1 aromatic heterocycles. The van der Waals surface area contributed by atoms with Crippen LogP contribution < -0.4 is 4.90 Å². The number of rotatable bonds is 6. The second kappa shape index (κ2) is 6.66. The van der Waals surface area contributed by atoms with E-state index in [4.69, 9.17) is 16.3 Å². The number of anilines is 1. The molecule has 90 valence electrons. The number of hydrogen-bond acceptors (Lipinski definition) is 3. The molecule has 1 rings (SSSR count). The molecule has 0 bridgehead atoms. The summed E-state index contributed by atoms with van der Waals surface area (Å²) in [6.07, 6.45) is 1.21. The quantitative estimate of drug-likeness (QED) is 0.721. The molecule has 1 aromatic rings. The Labute approximate surface area is 100 Å². The van der Waals surface area contributed by atoms with E-state index in [9.17, 15) is 4.39 Å². The Hall–Kier alpha value is -0.870. The van der Waals surface area contributed by atoms with Crippen LogP contribution in [0.4, 0.5) is 10.2 Å². The Balaban J connectivity index is 2.90. The van der Waals surface area contributed by atoms with Crippen LogP contribution in [-0.4, -0.2) is 31.8 Å². The molecule has 0 aliphatic rings. The van der Waals surface area contributed by atoms with E-state index in [1.807, 2.05) is 11.8 Å². The largest absolute Gasteiger partial charge is 0.383 e. The molecule has 0 amide bonds. The van der Waals surface area contributed by atoms with E-state index >= 15 is 0 Å². The van der Waals surface area contributed by atoms with Gasteiger partial charge in [0.15, 0.2) is 0 Å². The number of halogens is 2. The van der Waals surface area contributed by atoms with E-state index < -0.39 is 0 Å². The molecule has 0 aliphatic heterocycles. The van der Waals surface area contributed by atoms with Crippen LogP contribution >= 0.6 is 11.6 Å². The average molecular weight is 247 g/mol. The minimum Gasteiger partial charge on any atom is -0.383 e. The highest BCUT2D eigenvalue weighted by molar-refractivity contribution is 6.17. The Morgan fingerprint density at radius 3 is 2.88 bits per heavy atom. The second-order valence-electron chi connectivity index (χ2n) is 3.34. The first-order valence-electron chi connectivity index (χ1n) is 5.17. The van der Waals surface area contributed by atoms with Gasteiger partial charge < -0.3 is 9.64 Å². The number of methoxy groups -OCH3 is 1. The standard InChI is InChI=1S/C11H16ClFN2O/c1-3-15(4-5-16-2)11-9(7-12)6-10(13)8-14-11/h6,8H,3-5,7H2,1-2H3. The molecule has 3 nitrogen and oxygen atoms in total. The van der Waals surface area contributed by atoms with Crippen LogP contribution in [0.1, 0.15) is 12.5 Å². The van der Waals surface area contributed by atoms with Crippen LogP contribution in [0.25, 0.3) is 0 Å². The molecular weight excluding hydrogens is 231 g/mol. The SMILES string of the molecule is CCN(CCOC)c1ncc(F)cc1CCl. The van der Waals surface area contributed by atoms with E-state index in [2.05, 4.69) is 4.98 Å². The van der Waals surface area contributed by atoms with Gasteiger partial charge in [-0.1, -0.05) is 0 Å². The average Bonchev–Trinajstić information content (AvgIpc) is 2.31. The number of alkyl halides is 1. The summed E-state index contributed by atoms with van der Waals surface area (Å²) in [6, 6.07) is 1.42. The molecule has 5 heteroatoms. The van der Waals surface area contributed by atoms with Gasteiger partial charge in [-0.05, 0) is 13.0 Å². The highest BCUT2D eigenvalue weighted by Gasteiger charge is 2.11. The maximum atomic E-state index is 13.0. The zero-order valence-corrected chi connectivity index (χ0v) is 10.3. The lowest BCUT2D eigenvalue weighted by Crippen LogP contribution is -2.28. The van der Waals surface area contributed by atoms with Crippen LogP contribution in [0.2, 0.25) is 0 Å². The van der Waals surface area contributed by atoms with Gasteiger partial charge in [0.1, 0.15) is 11.6 Å². The van der Waals surface area contributed by atoms with Gasteiger partial charge in [0.2, 0.25) is 0 Å². The summed E-state index contributed by atoms with van der Waals surface area (Å²) in [5.74, 6) is 0.627. The number of hydrogen-bond donors (Lipinski definition) is 0. The minimum atomic E-state index is -0.359. The van der Waals surface area contributed by atoms with Crippen molar-refractivity contribution in [1.82, 2.24) is 4.98 Å². The summed E-state index contributed by atoms with van der Waals surface area (Å²) < 4.78 is 18.0. The topological polar surface area (TPSA) is 25.4 Å². The lowest BCUT2D eigenvalue weighted by molar-refractivity contribution is 0.205. The van der Waals surface area contributed by atoms with Crippen molar-refractivity contribution < 1.29 is 9.13 Å². The van der Waals surface area contributed by atoms with Crippen molar-refractivity contribution in [2.75, 3.05) is 31.7 Å². The number of ether oxygens (including phenoxy) is 1. The maximum absolute atomic E-state index is 13.0. The third kappa shape index (κ3) is 3.32. The summed E-state index contributed by atoms with van der Waals surface area (Å²) in [6.45, 7) is 4.12. The van der Waals surface area contributed by atoms with Gasteiger partial charge in [-0.2, -0.15) is 0 Å². The Bertz CT molecular complexity index is 336. The number of aromatic nitrogens is 1. The van der Waals surface area contributed by atoms with Gasteiger partial charge in [-0.25, -0.2) is 9.37 Å². The maximum Gasteiger partial charge on any atom is 0.141 e.